The third kappa shape index (κ3) is 4.27. The van der Waals surface area contributed by atoms with Gasteiger partial charge in [-0.25, -0.2) is 15.0 Å². The van der Waals surface area contributed by atoms with Gasteiger partial charge in [-0.3, -0.25) is 4.79 Å². The molecule has 1 aromatic carbocycles. The lowest BCUT2D eigenvalue weighted by atomic mass is 9.95. The molecule has 2 aliphatic carbocycles. The Labute approximate surface area is 200 Å². The predicted octanol–water partition coefficient (Wildman–Crippen LogP) is 3.96. The summed E-state index contributed by atoms with van der Waals surface area (Å²) in [5.41, 5.74) is 3.42. The van der Waals surface area contributed by atoms with E-state index in [1.54, 1.807) is 0 Å². The molecule has 34 heavy (non-hydrogen) atoms. The number of imidazole rings is 1. The monoisotopic (exact) mass is 459 g/mol. The summed E-state index contributed by atoms with van der Waals surface area (Å²) < 4.78 is 2.27. The second-order valence-corrected chi connectivity index (χ2v) is 10.1. The van der Waals surface area contributed by atoms with Crippen LogP contribution in [0.15, 0.2) is 30.6 Å². The van der Waals surface area contributed by atoms with Gasteiger partial charge in [-0.2, -0.15) is 0 Å². The molecule has 1 amide bonds. The van der Waals surface area contributed by atoms with E-state index >= 15 is 0 Å². The first-order chi connectivity index (χ1) is 16.7. The summed E-state index contributed by atoms with van der Waals surface area (Å²) >= 11 is 0. The molecule has 8 nitrogen and oxygen atoms in total. The molecule has 2 aromatic heterocycles. The third-order valence-electron chi connectivity index (χ3n) is 7.49. The second kappa shape index (κ2) is 8.98. The van der Waals surface area contributed by atoms with Crippen molar-refractivity contribution in [1.82, 2.24) is 29.3 Å². The fourth-order valence-corrected chi connectivity index (χ4v) is 5.15. The van der Waals surface area contributed by atoms with Gasteiger partial charge >= 0.3 is 0 Å². The quantitative estimate of drug-likeness (QED) is 0.622. The maximum absolute atomic E-state index is 13.0. The summed E-state index contributed by atoms with van der Waals surface area (Å²) in [6.45, 7) is 3.39. The number of aromatic nitrogens is 4. The van der Waals surface area contributed by atoms with Crippen molar-refractivity contribution in [3.8, 4) is 11.4 Å². The molecule has 3 aromatic rings. The zero-order valence-corrected chi connectivity index (χ0v) is 19.9. The topological polar surface area (TPSA) is 79.2 Å². The summed E-state index contributed by atoms with van der Waals surface area (Å²) in [4.78, 5) is 31.7. The fourth-order valence-electron chi connectivity index (χ4n) is 5.15. The number of carbonyl (C=O) groups excluding carboxylic acids is 1. The van der Waals surface area contributed by atoms with Crippen LogP contribution in [0.5, 0.6) is 0 Å². The van der Waals surface area contributed by atoms with E-state index in [4.69, 9.17) is 15.0 Å². The Balaban J connectivity index is 1.31. The van der Waals surface area contributed by atoms with Crippen molar-refractivity contribution in [2.75, 3.05) is 38.5 Å². The van der Waals surface area contributed by atoms with Gasteiger partial charge in [0.1, 0.15) is 5.52 Å². The molecule has 178 valence electrons. The first kappa shape index (κ1) is 21.5. The van der Waals surface area contributed by atoms with Gasteiger partial charge in [-0.1, -0.05) is 31.4 Å². The van der Waals surface area contributed by atoms with E-state index in [2.05, 4.69) is 21.8 Å². The Bertz CT molecular complexity index is 1170. The highest BCUT2D eigenvalue weighted by molar-refractivity contribution is 5.95. The van der Waals surface area contributed by atoms with Gasteiger partial charge in [-0.15, -0.1) is 0 Å². The number of carbonyl (C=O) groups is 1. The van der Waals surface area contributed by atoms with Crippen LogP contribution in [0.3, 0.4) is 0 Å². The highest BCUT2D eigenvalue weighted by atomic mass is 16.2. The Morgan fingerprint density at radius 1 is 0.941 bits per heavy atom. The van der Waals surface area contributed by atoms with Gasteiger partial charge in [0.25, 0.3) is 5.91 Å². The van der Waals surface area contributed by atoms with Crippen LogP contribution in [0.25, 0.3) is 22.6 Å². The Hall–Kier alpha value is -3.00. The van der Waals surface area contributed by atoms with E-state index in [-0.39, 0.29) is 5.91 Å². The van der Waals surface area contributed by atoms with Gasteiger partial charge < -0.3 is 19.7 Å². The molecular weight excluding hydrogens is 426 g/mol. The van der Waals surface area contributed by atoms with Crippen molar-refractivity contribution in [2.24, 2.45) is 0 Å². The van der Waals surface area contributed by atoms with Crippen LogP contribution in [0.2, 0.25) is 0 Å². The lowest BCUT2D eigenvalue weighted by molar-refractivity contribution is 0.0664. The van der Waals surface area contributed by atoms with Crippen molar-refractivity contribution >= 4 is 22.9 Å². The molecule has 8 heteroatoms. The number of nitrogens with one attached hydrogen (secondary N) is 1. The smallest absolute Gasteiger partial charge is 0.253 e. The van der Waals surface area contributed by atoms with Gasteiger partial charge in [0.2, 0.25) is 0 Å². The molecule has 1 saturated heterocycles. The van der Waals surface area contributed by atoms with E-state index in [1.165, 1.54) is 44.9 Å². The van der Waals surface area contributed by atoms with Crippen molar-refractivity contribution < 1.29 is 4.79 Å². The zero-order valence-electron chi connectivity index (χ0n) is 19.9. The SMILES string of the molecule is CN1CCN(C(=O)c2ccc(-c3nc(NC4CC4)c4ncn(C5CCCCC5)c4n3)cc2)CC1. The Morgan fingerprint density at radius 3 is 2.38 bits per heavy atom. The summed E-state index contributed by atoms with van der Waals surface area (Å²) in [5.74, 6) is 1.61. The van der Waals surface area contributed by atoms with Crippen LogP contribution >= 0.6 is 0 Å². The normalized spacial score (nSPS) is 20.1. The standard InChI is InChI=1S/C26H33N7O/c1-31-13-15-32(16-14-31)26(34)19-9-7-18(8-10-19)23-29-24(28-20-11-12-20)22-25(30-23)33(17-27-22)21-5-3-2-4-6-21/h7-10,17,20-21H,2-6,11-16H2,1H3,(H,28,29,30). The van der Waals surface area contributed by atoms with Gasteiger partial charge in [0.15, 0.2) is 17.3 Å². The molecule has 2 saturated carbocycles. The van der Waals surface area contributed by atoms with Crippen LogP contribution in [-0.4, -0.2) is 74.5 Å². The van der Waals surface area contributed by atoms with Crippen LogP contribution in [-0.2, 0) is 0 Å². The maximum Gasteiger partial charge on any atom is 0.253 e. The zero-order chi connectivity index (χ0) is 23.1. The number of rotatable bonds is 5. The van der Waals surface area contributed by atoms with E-state index < -0.39 is 0 Å². The first-order valence-corrected chi connectivity index (χ1v) is 12.7. The maximum atomic E-state index is 13.0. The minimum Gasteiger partial charge on any atom is -0.365 e. The third-order valence-corrected chi connectivity index (χ3v) is 7.49. The number of fused-ring (bicyclic) bond motifs is 1. The molecule has 0 bridgehead atoms. The van der Waals surface area contributed by atoms with Gasteiger partial charge in [0, 0.05) is 49.4 Å². The van der Waals surface area contributed by atoms with Crippen molar-refractivity contribution in [3.05, 3.63) is 36.2 Å². The van der Waals surface area contributed by atoms with Crippen molar-refractivity contribution in [2.45, 2.75) is 57.0 Å². The molecule has 1 N–H and O–H groups in total. The minimum atomic E-state index is 0.0995. The molecule has 1 aliphatic heterocycles. The van der Waals surface area contributed by atoms with E-state index in [9.17, 15) is 4.79 Å². The lowest BCUT2D eigenvalue weighted by Gasteiger charge is -2.32. The van der Waals surface area contributed by atoms with Gasteiger partial charge in [-0.05, 0) is 44.9 Å². The molecule has 0 radical (unpaired) electrons. The second-order valence-electron chi connectivity index (χ2n) is 10.1. The van der Waals surface area contributed by atoms with E-state index in [0.29, 0.717) is 17.9 Å². The van der Waals surface area contributed by atoms with E-state index in [0.717, 1.165) is 54.3 Å². The summed E-state index contributed by atoms with van der Waals surface area (Å²) in [6, 6.07) is 8.72. The number of likely N-dealkylation sites (N-methyl/N-ethyl adjacent to an activating group) is 1. The fraction of sp³-hybridized carbons (Fsp3) is 0.538. The Kier molecular flexibility index (Phi) is 5.69. The van der Waals surface area contributed by atoms with Crippen molar-refractivity contribution in [3.63, 3.8) is 0 Å². The number of amides is 1. The van der Waals surface area contributed by atoms with Crippen LogP contribution in [0.1, 0.15) is 61.3 Å². The number of benzene rings is 1. The molecule has 0 unspecified atom stereocenters. The summed E-state index contributed by atoms with van der Waals surface area (Å²) in [7, 11) is 2.10. The number of piperazine rings is 1. The minimum absolute atomic E-state index is 0.0995. The number of hydrogen-bond acceptors (Lipinski definition) is 6. The molecular formula is C26H33N7O. The molecule has 0 atom stereocenters. The Morgan fingerprint density at radius 2 is 1.68 bits per heavy atom. The molecule has 3 fully saturated rings. The average Bonchev–Trinajstić information content (AvgIpc) is 3.59. The largest absolute Gasteiger partial charge is 0.365 e. The van der Waals surface area contributed by atoms with E-state index in [1.807, 2.05) is 35.5 Å². The predicted molar refractivity (Wildman–Crippen MR) is 133 cm³/mol. The highest BCUT2D eigenvalue weighted by Gasteiger charge is 2.26. The molecule has 6 rings (SSSR count). The first-order valence-electron chi connectivity index (χ1n) is 12.7. The molecule has 3 aliphatic rings. The number of anilines is 1. The lowest BCUT2D eigenvalue weighted by Crippen LogP contribution is -2.47. The van der Waals surface area contributed by atoms with Crippen LogP contribution in [0, 0.1) is 0 Å². The van der Waals surface area contributed by atoms with Crippen LogP contribution < -0.4 is 5.32 Å². The highest BCUT2D eigenvalue weighted by Crippen LogP contribution is 2.34. The number of nitrogens with zero attached hydrogens (tertiary/aromatic N) is 6. The van der Waals surface area contributed by atoms with Gasteiger partial charge in [0.05, 0.1) is 6.33 Å². The molecule has 3 heterocycles. The average molecular weight is 460 g/mol. The summed E-state index contributed by atoms with van der Waals surface area (Å²) in [6.07, 6.45) is 10.5. The summed E-state index contributed by atoms with van der Waals surface area (Å²) in [5, 5.41) is 3.57. The molecule has 0 spiro atoms. The van der Waals surface area contributed by atoms with Crippen LogP contribution in [0.4, 0.5) is 5.82 Å². The number of hydrogen-bond donors (Lipinski definition) is 1. The van der Waals surface area contributed by atoms with Crippen molar-refractivity contribution in [1.29, 1.82) is 0 Å².